The van der Waals surface area contributed by atoms with Crippen LogP contribution in [0.1, 0.15) is 27.2 Å². The van der Waals surface area contributed by atoms with Gasteiger partial charge in [-0.1, -0.05) is 6.92 Å². The van der Waals surface area contributed by atoms with Crippen molar-refractivity contribution in [3.63, 3.8) is 0 Å². The summed E-state index contributed by atoms with van der Waals surface area (Å²) in [4.78, 5) is 0. The summed E-state index contributed by atoms with van der Waals surface area (Å²) in [5.41, 5.74) is 6.60. The van der Waals surface area contributed by atoms with E-state index in [1.165, 1.54) is 0 Å². The number of nitrogens with one attached hydrogen (secondary N) is 1. The highest BCUT2D eigenvalue weighted by molar-refractivity contribution is 5.61. The van der Waals surface area contributed by atoms with Gasteiger partial charge in [-0.05, 0) is 32.4 Å². The fourth-order valence-electron chi connectivity index (χ4n) is 1.34. The summed E-state index contributed by atoms with van der Waals surface area (Å²) >= 11 is 0. The Balaban J connectivity index is 2.69. The molecular formula is C13H22N2O2. The van der Waals surface area contributed by atoms with Crippen LogP contribution in [0.3, 0.4) is 0 Å². The standard InChI is InChI=1S/C13H22N2O2/c1-4-13(3,16)9-15-10-6-7-11(14)12(8-10)17-5-2/h6-8,15-16H,4-5,9,14H2,1-3H3. The lowest BCUT2D eigenvalue weighted by molar-refractivity contribution is 0.0697. The van der Waals surface area contributed by atoms with Gasteiger partial charge in [0.25, 0.3) is 0 Å². The van der Waals surface area contributed by atoms with Gasteiger partial charge in [0.1, 0.15) is 5.75 Å². The number of aliphatic hydroxyl groups is 1. The first-order valence-corrected chi connectivity index (χ1v) is 5.97. The lowest BCUT2D eigenvalue weighted by atomic mass is 10.0. The van der Waals surface area contributed by atoms with Crippen molar-refractivity contribution in [2.75, 3.05) is 24.2 Å². The lowest BCUT2D eigenvalue weighted by Gasteiger charge is -2.22. The summed E-state index contributed by atoms with van der Waals surface area (Å²) < 4.78 is 5.41. The third-order valence-electron chi connectivity index (χ3n) is 2.75. The lowest BCUT2D eigenvalue weighted by Crippen LogP contribution is -2.32. The molecule has 4 N–H and O–H groups in total. The molecule has 1 atom stereocenters. The highest BCUT2D eigenvalue weighted by Crippen LogP contribution is 2.25. The van der Waals surface area contributed by atoms with Crippen LogP contribution in [0.2, 0.25) is 0 Å². The van der Waals surface area contributed by atoms with Crippen molar-refractivity contribution in [2.24, 2.45) is 0 Å². The number of hydrogen-bond donors (Lipinski definition) is 3. The van der Waals surface area contributed by atoms with Gasteiger partial charge in [0, 0.05) is 18.3 Å². The Morgan fingerprint density at radius 3 is 2.71 bits per heavy atom. The molecule has 0 aliphatic carbocycles. The molecule has 1 aromatic carbocycles. The second kappa shape index (κ2) is 5.77. The maximum Gasteiger partial charge on any atom is 0.144 e. The van der Waals surface area contributed by atoms with Crippen molar-refractivity contribution < 1.29 is 9.84 Å². The molecule has 0 aromatic heterocycles. The highest BCUT2D eigenvalue weighted by atomic mass is 16.5. The zero-order valence-electron chi connectivity index (χ0n) is 10.8. The van der Waals surface area contributed by atoms with Crippen LogP contribution in [0.25, 0.3) is 0 Å². The molecule has 1 aromatic rings. The molecule has 0 heterocycles. The third kappa shape index (κ3) is 4.15. The molecule has 0 bridgehead atoms. The molecule has 1 unspecified atom stereocenters. The van der Waals surface area contributed by atoms with E-state index in [9.17, 15) is 5.11 Å². The zero-order chi connectivity index (χ0) is 12.9. The van der Waals surface area contributed by atoms with Crippen molar-refractivity contribution in [3.05, 3.63) is 18.2 Å². The average molecular weight is 238 g/mol. The number of anilines is 2. The van der Waals surface area contributed by atoms with Crippen molar-refractivity contribution in [2.45, 2.75) is 32.8 Å². The Labute approximate surface area is 103 Å². The predicted molar refractivity (Wildman–Crippen MR) is 71.4 cm³/mol. The Hall–Kier alpha value is -1.42. The molecule has 0 saturated heterocycles. The Bertz CT molecular complexity index is 364. The van der Waals surface area contributed by atoms with Crippen LogP contribution in [-0.2, 0) is 0 Å². The van der Waals surface area contributed by atoms with Crippen LogP contribution >= 0.6 is 0 Å². The van der Waals surface area contributed by atoms with Crippen LogP contribution in [0.5, 0.6) is 5.75 Å². The zero-order valence-corrected chi connectivity index (χ0v) is 10.8. The minimum absolute atomic E-state index is 0.499. The SMILES string of the molecule is CCOc1cc(NCC(C)(O)CC)ccc1N. The number of benzene rings is 1. The molecule has 17 heavy (non-hydrogen) atoms. The second-order valence-electron chi connectivity index (χ2n) is 4.39. The van der Waals surface area contributed by atoms with E-state index in [-0.39, 0.29) is 0 Å². The molecule has 0 radical (unpaired) electrons. The van der Waals surface area contributed by atoms with Gasteiger partial charge in [-0.2, -0.15) is 0 Å². The number of nitrogens with two attached hydrogens (primary N) is 1. The van der Waals surface area contributed by atoms with E-state index in [4.69, 9.17) is 10.5 Å². The molecule has 0 spiro atoms. The van der Waals surface area contributed by atoms with Gasteiger partial charge >= 0.3 is 0 Å². The van der Waals surface area contributed by atoms with Crippen LogP contribution in [-0.4, -0.2) is 23.9 Å². The normalized spacial score (nSPS) is 14.1. The summed E-state index contributed by atoms with van der Waals surface area (Å²) in [6.07, 6.45) is 0.702. The number of hydrogen-bond acceptors (Lipinski definition) is 4. The van der Waals surface area contributed by atoms with Crippen LogP contribution in [0.15, 0.2) is 18.2 Å². The fourth-order valence-corrected chi connectivity index (χ4v) is 1.34. The maximum absolute atomic E-state index is 9.89. The maximum atomic E-state index is 9.89. The van der Waals surface area contributed by atoms with E-state index in [0.29, 0.717) is 31.0 Å². The minimum Gasteiger partial charge on any atom is -0.492 e. The van der Waals surface area contributed by atoms with Crippen molar-refractivity contribution in [1.29, 1.82) is 0 Å². The molecule has 0 aliphatic rings. The largest absolute Gasteiger partial charge is 0.492 e. The van der Waals surface area contributed by atoms with Gasteiger partial charge in [0.2, 0.25) is 0 Å². The number of nitrogen functional groups attached to an aromatic ring is 1. The van der Waals surface area contributed by atoms with E-state index in [1.54, 1.807) is 13.0 Å². The smallest absolute Gasteiger partial charge is 0.144 e. The van der Waals surface area contributed by atoms with E-state index in [0.717, 1.165) is 5.69 Å². The van der Waals surface area contributed by atoms with Crippen molar-refractivity contribution >= 4 is 11.4 Å². The first-order chi connectivity index (χ1) is 7.98. The van der Waals surface area contributed by atoms with E-state index in [1.807, 2.05) is 26.0 Å². The molecule has 0 aliphatic heterocycles. The van der Waals surface area contributed by atoms with E-state index in [2.05, 4.69) is 5.32 Å². The van der Waals surface area contributed by atoms with Crippen LogP contribution in [0.4, 0.5) is 11.4 Å². The van der Waals surface area contributed by atoms with Crippen molar-refractivity contribution in [3.8, 4) is 5.75 Å². The van der Waals surface area contributed by atoms with Crippen LogP contribution in [0, 0.1) is 0 Å². The van der Waals surface area contributed by atoms with Gasteiger partial charge in [0.15, 0.2) is 0 Å². The Kier molecular flexibility index (Phi) is 4.63. The summed E-state index contributed by atoms with van der Waals surface area (Å²) in [7, 11) is 0. The highest BCUT2D eigenvalue weighted by Gasteiger charge is 2.16. The second-order valence-corrected chi connectivity index (χ2v) is 4.39. The summed E-state index contributed by atoms with van der Waals surface area (Å²) in [6.45, 7) is 6.76. The summed E-state index contributed by atoms with van der Waals surface area (Å²) in [5.74, 6) is 0.675. The monoisotopic (exact) mass is 238 g/mol. The van der Waals surface area contributed by atoms with Gasteiger partial charge in [-0.3, -0.25) is 0 Å². The summed E-state index contributed by atoms with van der Waals surface area (Å²) in [5, 5.41) is 13.1. The van der Waals surface area contributed by atoms with E-state index < -0.39 is 5.60 Å². The minimum atomic E-state index is -0.701. The molecule has 0 saturated carbocycles. The quantitative estimate of drug-likeness (QED) is 0.665. The average Bonchev–Trinajstić information content (AvgIpc) is 2.31. The third-order valence-corrected chi connectivity index (χ3v) is 2.75. The van der Waals surface area contributed by atoms with Gasteiger partial charge < -0.3 is 20.9 Å². The molecule has 96 valence electrons. The van der Waals surface area contributed by atoms with Crippen LogP contribution < -0.4 is 15.8 Å². The topological polar surface area (TPSA) is 67.5 Å². The Morgan fingerprint density at radius 1 is 1.41 bits per heavy atom. The molecule has 4 nitrogen and oxygen atoms in total. The molecule has 1 rings (SSSR count). The van der Waals surface area contributed by atoms with Gasteiger partial charge in [-0.15, -0.1) is 0 Å². The first kappa shape index (κ1) is 13.6. The van der Waals surface area contributed by atoms with Crippen molar-refractivity contribution in [1.82, 2.24) is 0 Å². The number of ether oxygens (including phenoxy) is 1. The van der Waals surface area contributed by atoms with Gasteiger partial charge in [-0.25, -0.2) is 0 Å². The summed E-state index contributed by atoms with van der Waals surface area (Å²) in [6, 6.07) is 5.53. The molecular weight excluding hydrogens is 216 g/mol. The van der Waals surface area contributed by atoms with Gasteiger partial charge in [0.05, 0.1) is 17.9 Å². The fraction of sp³-hybridized carbons (Fsp3) is 0.538. The predicted octanol–water partition coefficient (Wildman–Crippen LogP) is 2.24. The molecule has 0 fully saturated rings. The molecule has 0 amide bonds. The molecule has 4 heteroatoms. The Morgan fingerprint density at radius 2 is 2.12 bits per heavy atom. The van der Waals surface area contributed by atoms with E-state index >= 15 is 0 Å². The number of rotatable bonds is 6. The first-order valence-electron chi connectivity index (χ1n) is 5.97.